The Bertz CT molecular complexity index is 1760. The van der Waals surface area contributed by atoms with Crippen LogP contribution in [0, 0.1) is 17.5 Å². The van der Waals surface area contributed by atoms with Gasteiger partial charge in [0.05, 0.1) is 16.3 Å². The number of pyridine rings is 2. The summed E-state index contributed by atoms with van der Waals surface area (Å²) in [5.41, 5.74) is 2.79. The average molecular weight is 503 g/mol. The number of rotatable bonds is 4. The van der Waals surface area contributed by atoms with Crippen LogP contribution >= 0.6 is 0 Å². The molecule has 0 saturated heterocycles. The van der Waals surface area contributed by atoms with Crippen molar-refractivity contribution in [2.75, 3.05) is 11.6 Å². The molecule has 4 aromatic heterocycles. The summed E-state index contributed by atoms with van der Waals surface area (Å²) in [4.78, 5) is 13.0. The van der Waals surface area contributed by atoms with Gasteiger partial charge in [-0.2, -0.15) is 5.10 Å². The highest BCUT2D eigenvalue weighted by Crippen LogP contribution is 2.31. The molecule has 5 heterocycles. The summed E-state index contributed by atoms with van der Waals surface area (Å²) < 4.78 is 38.9. The van der Waals surface area contributed by atoms with Crippen molar-refractivity contribution in [2.45, 2.75) is 31.5 Å². The van der Waals surface area contributed by atoms with Gasteiger partial charge in [0.2, 0.25) is 0 Å². The first-order chi connectivity index (χ1) is 17.2. The molecule has 0 amide bonds. The van der Waals surface area contributed by atoms with Crippen LogP contribution in [0.3, 0.4) is 0 Å². The number of fused-ring (bicyclic) bond motifs is 3. The van der Waals surface area contributed by atoms with Crippen molar-refractivity contribution in [3.63, 3.8) is 0 Å². The lowest BCUT2D eigenvalue weighted by molar-refractivity contribution is 0.633. The Morgan fingerprint density at radius 3 is 2.69 bits per heavy atom. The van der Waals surface area contributed by atoms with Crippen molar-refractivity contribution >= 4 is 32.1 Å². The van der Waals surface area contributed by atoms with E-state index in [0.717, 1.165) is 29.9 Å². The maximum atomic E-state index is 15.0. The first-order valence-electron chi connectivity index (χ1n) is 11.4. The molecule has 9 nitrogen and oxygen atoms in total. The quantitative estimate of drug-likeness (QED) is 0.373. The topological polar surface area (TPSA) is 114 Å². The molecule has 1 atom stereocenters. The van der Waals surface area contributed by atoms with Gasteiger partial charge in [0, 0.05) is 72.3 Å². The van der Waals surface area contributed by atoms with Gasteiger partial charge < -0.3 is 9.88 Å². The third kappa shape index (κ3) is 4.01. The first kappa shape index (κ1) is 22.4. The van der Waals surface area contributed by atoms with Crippen molar-refractivity contribution in [3.05, 3.63) is 78.0 Å². The molecule has 6 rings (SSSR count). The number of benzene rings is 1. The van der Waals surface area contributed by atoms with Gasteiger partial charge in [-0.25, -0.2) is 28.3 Å². The van der Waals surface area contributed by atoms with Crippen LogP contribution in [0.4, 0.5) is 16.0 Å². The van der Waals surface area contributed by atoms with E-state index >= 15 is 4.39 Å². The van der Waals surface area contributed by atoms with E-state index < -0.39 is 15.5 Å². The SMILES string of the molecule is Cc1cc(S(C)(=N)=O)ncc1-c1cc2cc(Nc3cc4n(n3)Cc3nccn3CC4)ncc2cc1F. The Morgan fingerprint density at radius 1 is 1.03 bits per heavy atom. The summed E-state index contributed by atoms with van der Waals surface area (Å²) in [5, 5.41) is 9.61. The van der Waals surface area contributed by atoms with Crippen LogP contribution in [0.25, 0.3) is 21.9 Å². The highest BCUT2D eigenvalue weighted by atomic mass is 32.2. The van der Waals surface area contributed by atoms with Gasteiger partial charge in [-0.05, 0) is 42.1 Å². The van der Waals surface area contributed by atoms with Gasteiger partial charge in [0.25, 0.3) is 0 Å². The molecule has 1 unspecified atom stereocenters. The molecule has 1 aliphatic heterocycles. The Kier molecular flexibility index (Phi) is 5.11. The lowest BCUT2D eigenvalue weighted by atomic mass is 9.99. The van der Waals surface area contributed by atoms with Crippen LogP contribution in [0.5, 0.6) is 0 Å². The lowest BCUT2D eigenvalue weighted by Gasteiger charge is -2.11. The fourth-order valence-electron chi connectivity index (χ4n) is 4.52. The normalized spacial score (nSPS) is 14.6. The van der Waals surface area contributed by atoms with Gasteiger partial charge in [0.15, 0.2) is 5.82 Å². The Labute approximate surface area is 207 Å². The van der Waals surface area contributed by atoms with Gasteiger partial charge in [-0.1, -0.05) is 0 Å². The van der Waals surface area contributed by atoms with Crippen molar-refractivity contribution in [1.29, 1.82) is 4.78 Å². The molecular weight excluding hydrogens is 479 g/mol. The fraction of sp³-hybridized carbons (Fsp3) is 0.200. The van der Waals surface area contributed by atoms with E-state index in [4.69, 9.17) is 4.78 Å². The summed E-state index contributed by atoms with van der Waals surface area (Å²) in [5.74, 6) is 1.86. The van der Waals surface area contributed by atoms with Crippen LogP contribution in [-0.4, -0.2) is 39.8 Å². The second-order valence-corrected chi connectivity index (χ2v) is 11.1. The predicted molar refractivity (Wildman–Crippen MR) is 135 cm³/mol. The van der Waals surface area contributed by atoms with E-state index in [1.807, 2.05) is 29.2 Å². The monoisotopic (exact) mass is 502 g/mol. The molecule has 1 aromatic carbocycles. The van der Waals surface area contributed by atoms with Gasteiger partial charge in [-0.3, -0.25) is 4.68 Å². The molecular formula is C25H23FN8OS. The third-order valence-electron chi connectivity index (χ3n) is 6.40. The molecule has 2 N–H and O–H groups in total. The van der Waals surface area contributed by atoms with E-state index in [1.165, 1.54) is 18.5 Å². The smallest absolute Gasteiger partial charge is 0.153 e. The van der Waals surface area contributed by atoms with Crippen LogP contribution in [-0.2, 0) is 29.2 Å². The number of hydrogen-bond donors (Lipinski definition) is 2. The first-order valence-corrected chi connectivity index (χ1v) is 13.3. The van der Waals surface area contributed by atoms with Crippen LogP contribution < -0.4 is 5.32 Å². The van der Waals surface area contributed by atoms with Crippen molar-refractivity contribution in [2.24, 2.45) is 0 Å². The van der Waals surface area contributed by atoms with E-state index in [2.05, 4.69) is 29.9 Å². The van der Waals surface area contributed by atoms with Crippen LogP contribution in [0.2, 0.25) is 0 Å². The maximum absolute atomic E-state index is 15.0. The van der Waals surface area contributed by atoms with E-state index in [-0.39, 0.29) is 5.03 Å². The summed E-state index contributed by atoms with van der Waals surface area (Å²) in [6, 6.07) is 8.66. The Hall–Kier alpha value is -4.12. The minimum Gasteiger partial charge on any atom is -0.333 e. The molecule has 0 saturated carbocycles. The highest BCUT2D eigenvalue weighted by molar-refractivity contribution is 7.91. The molecule has 0 fully saturated rings. The summed E-state index contributed by atoms with van der Waals surface area (Å²) >= 11 is 0. The second-order valence-electron chi connectivity index (χ2n) is 9.02. The Morgan fingerprint density at radius 2 is 1.89 bits per heavy atom. The summed E-state index contributed by atoms with van der Waals surface area (Å²) in [7, 11) is -2.95. The maximum Gasteiger partial charge on any atom is 0.153 e. The molecule has 11 heteroatoms. The standard InChI is InChI=1S/C25H23FN8OS/c1-15-7-25(36(2,27)35)30-13-20(15)19-8-16-10-22(29-12-17(16)9-21(19)26)31-23-11-18-3-5-33-6-4-28-24(33)14-34(18)32-23/h4,6-13,27H,3,5,14H2,1-2H3,(H,29,31,32). The molecule has 0 bridgehead atoms. The van der Waals surface area contributed by atoms with E-state index in [0.29, 0.717) is 40.3 Å². The molecule has 182 valence electrons. The zero-order valence-electron chi connectivity index (χ0n) is 19.7. The number of aryl methyl sites for hydroxylation is 3. The second kappa shape index (κ2) is 8.23. The minimum absolute atomic E-state index is 0.183. The average Bonchev–Trinajstić information content (AvgIpc) is 3.40. The number of anilines is 2. The number of halogens is 1. The molecule has 5 aromatic rings. The Balaban J connectivity index is 1.32. The summed E-state index contributed by atoms with van der Waals surface area (Å²) in [6.07, 6.45) is 9.08. The molecule has 0 aliphatic carbocycles. The zero-order chi connectivity index (χ0) is 25.0. The van der Waals surface area contributed by atoms with Gasteiger partial charge >= 0.3 is 0 Å². The van der Waals surface area contributed by atoms with Crippen molar-refractivity contribution in [3.8, 4) is 11.1 Å². The molecule has 0 radical (unpaired) electrons. The molecule has 1 aliphatic rings. The largest absolute Gasteiger partial charge is 0.333 e. The molecule has 0 spiro atoms. The van der Waals surface area contributed by atoms with Crippen molar-refractivity contribution in [1.82, 2.24) is 29.3 Å². The van der Waals surface area contributed by atoms with E-state index in [9.17, 15) is 4.21 Å². The van der Waals surface area contributed by atoms with Gasteiger partial charge in [0.1, 0.15) is 22.5 Å². The third-order valence-corrected chi connectivity index (χ3v) is 7.43. The predicted octanol–water partition coefficient (Wildman–Crippen LogP) is 4.52. The lowest BCUT2D eigenvalue weighted by Crippen LogP contribution is -2.06. The number of imidazole rings is 1. The van der Waals surface area contributed by atoms with Crippen molar-refractivity contribution < 1.29 is 8.60 Å². The number of nitrogens with one attached hydrogen (secondary N) is 2. The fourth-order valence-corrected chi connectivity index (χ4v) is 5.17. The molecule has 36 heavy (non-hydrogen) atoms. The summed E-state index contributed by atoms with van der Waals surface area (Å²) in [6.45, 7) is 3.26. The van der Waals surface area contributed by atoms with Gasteiger partial charge in [-0.15, -0.1) is 0 Å². The number of aromatic nitrogens is 6. The minimum atomic E-state index is -2.95. The van der Waals surface area contributed by atoms with Crippen LogP contribution in [0.15, 0.2) is 60.1 Å². The van der Waals surface area contributed by atoms with E-state index in [1.54, 1.807) is 25.3 Å². The number of nitrogens with zero attached hydrogens (tertiary/aromatic N) is 6. The highest BCUT2D eigenvalue weighted by Gasteiger charge is 2.17. The number of hydrogen-bond acceptors (Lipinski definition) is 7. The zero-order valence-corrected chi connectivity index (χ0v) is 20.5. The van der Waals surface area contributed by atoms with Crippen LogP contribution in [0.1, 0.15) is 17.1 Å².